The number of fused-ring (bicyclic) bond motifs is 6. The lowest BCUT2D eigenvalue weighted by Gasteiger charge is -2.35. The van der Waals surface area contributed by atoms with E-state index >= 15 is 0 Å². The quantitative estimate of drug-likeness (QED) is 0.269. The molecule has 0 aromatic heterocycles. The molecule has 4 aromatic carbocycles. The lowest BCUT2D eigenvalue weighted by atomic mass is 9.69. The molecule has 4 aromatic rings. The number of allylic oxidation sites excluding steroid dienone is 2. The van der Waals surface area contributed by atoms with Crippen molar-refractivity contribution in [2.24, 2.45) is 11.8 Å². The number of hydrogen-bond acceptors (Lipinski definition) is 0. The lowest BCUT2D eigenvalue weighted by molar-refractivity contribution is 0.617. The number of benzene rings is 4. The van der Waals surface area contributed by atoms with Gasteiger partial charge in [0.2, 0.25) is 0 Å². The summed E-state index contributed by atoms with van der Waals surface area (Å²) < 4.78 is 0. The maximum absolute atomic E-state index is 2.47. The molecular formula is C32H32. The molecule has 160 valence electrons. The summed E-state index contributed by atoms with van der Waals surface area (Å²) in [6, 6.07) is 23.6. The van der Waals surface area contributed by atoms with E-state index in [0.717, 1.165) is 0 Å². The van der Waals surface area contributed by atoms with Gasteiger partial charge in [0.15, 0.2) is 0 Å². The zero-order valence-corrected chi connectivity index (χ0v) is 19.8. The van der Waals surface area contributed by atoms with E-state index < -0.39 is 0 Å². The Morgan fingerprint density at radius 1 is 0.562 bits per heavy atom. The summed E-state index contributed by atoms with van der Waals surface area (Å²) in [5, 5.41) is 5.65. The molecular weight excluding hydrogens is 384 g/mol. The Labute approximate surface area is 192 Å². The Bertz CT molecular complexity index is 1310. The molecule has 0 aliphatic heterocycles. The van der Waals surface area contributed by atoms with Crippen molar-refractivity contribution in [3.63, 3.8) is 0 Å². The van der Waals surface area contributed by atoms with Crippen molar-refractivity contribution >= 4 is 32.7 Å². The van der Waals surface area contributed by atoms with Gasteiger partial charge in [-0.2, -0.15) is 0 Å². The van der Waals surface area contributed by atoms with Gasteiger partial charge in [-0.15, -0.1) is 0 Å². The summed E-state index contributed by atoms with van der Waals surface area (Å²) >= 11 is 0. The molecule has 6 rings (SSSR count). The molecule has 2 aliphatic carbocycles. The molecule has 0 amide bonds. The molecule has 2 atom stereocenters. The molecule has 0 fully saturated rings. The van der Waals surface area contributed by atoms with Crippen LogP contribution in [0.25, 0.3) is 32.7 Å². The number of aryl methyl sites for hydroxylation is 4. The van der Waals surface area contributed by atoms with Crippen molar-refractivity contribution in [2.45, 2.75) is 53.4 Å². The van der Waals surface area contributed by atoms with Crippen LogP contribution in [-0.2, 0) is 12.8 Å². The molecule has 0 saturated carbocycles. The summed E-state index contributed by atoms with van der Waals surface area (Å²) in [5.74, 6) is 1.16. The normalized spacial score (nSPS) is 22.8. The molecule has 0 heterocycles. The molecule has 32 heavy (non-hydrogen) atoms. The first-order chi connectivity index (χ1) is 15.5. The summed E-state index contributed by atoms with van der Waals surface area (Å²) in [4.78, 5) is 0. The van der Waals surface area contributed by atoms with E-state index in [-0.39, 0.29) is 0 Å². The molecule has 0 heteroatoms. The van der Waals surface area contributed by atoms with Crippen LogP contribution in [0.2, 0.25) is 0 Å². The first-order valence-electron chi connectivity index (χ1n) is 12.3. The third kappa shape index (κ3) is 2.96. The standard InChI is InChI=1S/C32H32/c1-19-5-15-27-25(17-19)13-11-23-9-7-21(3)29(31(23)27)30-22(4)8-10-24-12-14-26-18-20(2)6-16-28(26)32(24)30/h5-6,11-18,21-22H,7-10H2,1-4H3/b30-29+/t21-,22-/m0/s1. The van der Waals surface area contributed by atoms with Crippen LogP contribution in [0.5, 0.6) is 0 Å². The second-order valence-corrected chi connectivity index (χ2v) is 10.4. The van der Waals surface area contributed by atoms with Crippen molar-refractivity contribution in [1.82, 2.24) is 0 Å². The zero-order valence-electron chi connectivity index (χ0n) is 19.8. The Kier molecular flexibility index (Phi) is 4.54. The average Bonchev–Trinajstić information content (AvgIpc) is 2.79. The van der Waals surface area contributed by atoms with Crippen LogP contribution < -0.4 is 0 Å². The van der Waals surface area contributed by atoms with E-state index in [1.165, 1.54) is 69.5 Å². The SMILES string of the molecule is Cc1ccc2c3c(ccc2c1)CC[C@H](C)/C3=C1\c2c(ccc3cc(C)ccc23)CC[C@@H]1C. The molecule has 0 N–H and O–H groups in total. The van der Waals surface area contributed by atoms with E-state index in [0.29, 0.717) is 11.8 Å². The minimum Gasteiger partial charge on any atom is -0.0587 e. The Hall–Kier alpha value is -2.86. The predicted molar refractivity (Wildman–Crippen MR) is 139 cm³/mol. The van der Waals surface area contributed by atoms with Crippen molar-refractivity contribution in [1.29, 1.82) is 0 Å². The second kappa shape index (κ2) is 7.34. The van der Waals surface area contributed by atoms with Gasteiger partial charge in [0.05, 0.1) is 0 Å². The minimum absolute atomic E-state index is 0.582. The van der Waals surface area contributed by atoms with Gasteiger partial charge in [-0.05, 0) is 106 Å². The molecule has 0 nitrogen and oxygen atoms in total. The zero-order chi connectivity index (χ0) is 22.0. The molecule has 0 bridgehead atoms. The maximum Gasteiger partial charge on any atom is -0.0105 e. The van der Waals surface area contributed by atoms with E-state index in [2.05, 4.69) is 88.4 Å². The highest BCUT2D eigenvalue weighted by molar-refractivity contribution is 6.08. The predicted octanol–water partition coefficient (Wildman–Crippen LogP) is 8.69. The molecule has 0 spiro atoms. The Balaban J connectivity index is 1.75. The highest BCUT2D eigenvalue weighted by Crippen LogP contribution is 2.50. The van der Waals surface area contributed by atoms with Crippen molar-refractivity contribution in [3.8, 4) is 0 Å². The fourth-order valence-electron chi connectivity index (χ4n) is 6.37. The highest BCUT2D eigenvalue weighted by Gasteiger charge is 2.32. The summed E-state index contributed by atoms with van der Waals surface area (Å²) in [5.41, 5.74) is 12.1. The summed E-state index contributed by atoms with van der Waals surface area (Å²) in [6.07, 6.45) is 4.87. The van der Waals surface area contributed by atoms with Gasteiger partial charge in [-0.1, -0.05) is 85.6 Å². The highest BCUT2D eigenvalue weighted by atomic mass is 14.4. The lowest BCUT2D eigenvalue weighted by Crippen LogP contribution is -2.19. The Morgan fingerprint density at radius 2 is 1.00 bits per heavy atom. The third-order valence-corrected chi connectivity index (χ3v) is 8.03. The number of hydrogen-bond donors (Lipinski definition) is 0. The van der Waals surface area contributed by atoms with E-state index in [9.17, 15) is 0 Å². The topological polar surface area (TPSA) is 0 Å². The van der Waals surface area contributed by atoms with Crippen LogP contribution in [0.15, 0.2) is 60.7 Å². The molecule has 0 saturated heterocycles. The first kappa shape index (κ1) is 19.8. The second-order valence-electron chi connectivity index (χ2n) is 10.4. The van der Waals surface area contributed by atoms with Gasteiger partial charge in [0, 0.05) is 0 Å². The maximum atomic E-state index is 2.47. The van der Waals surface area contributed by atoms with Gasteiger partial charge in [0.25, 0.3) is 0 Å². The molecule has 0 unspecified atom stereocenters. The monoisotopic (exact) mass is 416 g/mol. The Morgan fingerprint density at radius 3 is 1.44 bits per heavy atom. The largest absolute Gasteiger partial charge is 0.0587 e. The minimum atomic E-state index is 0.582. The van der Waals surface area contributed by atoms with Crippen LogP contribution in [0.4, 0.5) is 0 Å². The van der Waals surface area contributed by atoms with Gasteiger partial charge in [-0.25, -0.2) is 0 Å². The molecule has 2 aliphatic rings. The average molecular weight is 417 g/mol. The fraction of sp³-hybridized carbons (Fsp3) is 0.312. The van der Waals surface area contributed by atoms with Crippen molar-refractivity contribution in [2.75, 3.05) is 0 Å². The summed E-state index contributed by atoms with van der Waals surface area (Å²) in [6.45, 7) is 9.34. The van der Waals surface area contributed by atoms with Gasteiger partial charge < -0.3 is 0 Å². The van der Waals surface area contributed by atoms with Crippen molar-refractivity contribution < 1.29 is 0 Å². The summed E-state index contributed by atoms with van der Waals surface area (Å²) in [7, 11) is 0. The van der Waals surface area contributed by atoms with Crippen LogP contribution in [0.3, 0.4) is 0 Å². The smallest absolute Gasteiger partial charge is 0.0105 e. The van der Waals surface area contributed by atoms with Crippen LogP contribution in [0.1, 0.15) is 60.1 Å². The molecule has 0 radical (unpaired) electrons. The van der Waals surface area contributed by atoms with E-state index in [1.54, 1.807) is 22.3 Å². The third-order valence-electron chi connectivity index (χ3n) is 8.03. The fourth-order valence-corrected chi connectivity index (χ4v) is 6.37. The van der Waals surface area contributed by atoms with Crippen LogP contribution in [0, 0.1) is 25.7 Å². The van der Waals surface area contributed by atoms with E-state index in [1.807, 2.05) is 0 Å². The number of rotatable bonds is 0. The van der Waals surface area contributed by atoms with Crippen LogP contribution >= 0.6 is 0 Å². The van der Waals surface area contributed by atoms with Gasteiger partial charge >= 0.3 is 0 Å². The first-order valence-corrected chi connectivity index (χ1v) is 12.3. The van der Waals surface area contributed by atoms with Gasteiger partial charge in [0.1, 0.15) is 0 Å². The van der Waals surface area contributed by atoms with E-state index in [4.69, 9.17) is 0 Å². The van der Waals surface area contributed by atoms with Crippen LogP contribution in [-0.4, -0.2) is 0 Å². The van der Waals surface area contributed by atoms with Gasteiger partial charge in [-0.3, -0.25) is 0 Å². The van der Waals surface area contributed by atoms with Crippen molar-refractivity contribution in [3.05, 3.63) is 94.0 Å².